The van der Waals surface area contributed by atoms with E-state index >= 15 is 0 Å². The maximum absolute atomic E-state index is 12.0. The second kappa shape index (κ2) is 8.22. The van der Waals surface area contributed by atoms with Crippen molar-refractivity contribution in [1.29, 1.82) is 0 Å². The van der Waals surface area contributed by atoms with Crippen molar-refractivity contribution in [3.05, 3.63) is 82.3 Å². The maximum atomic E-state index is 12.0. The first-order valence-corrected chi connectivity index (χ1v) is 10.8. The summed E-state index contributed by atoms with van der Waals surface area (Å²) >= 11 is 0. The monoisotopic (exact) mass is 399 g/mol. The van der Waals surface area contributed by atoms with E-state index in [2.05, 4.69) is 0 Å². The summed E-state index contributed by atoms with van der Waals surface area (Å²) < 4.78 is 23.6. The van der Waals surface area contributed by atoms with Crippen LogP contribution in [0.2, 0.25) is 0 Å². The number of aromatic nitrogens is 1. The van der Waals surface area contributed by atoms with Crippen LogP contribution in [-0.4, -0.2) is 22.5 Å². The molecular weight excluding hydrogens is 374 g/mol. The van der Waals surface area contributed by atoms with E-state index in [9.17, 15) is 9.35 Å². The topological polar surface area (TPSA) is 60.7 Å². The van der Waals surface area contributed by atoms with Gasteiger partial charge in [-0.2, -0.15) is 10.6 Å². The van der Waals surface area contributed by atoms with E-state index in [1.807, 2.05) is 48.5 Å². The largest absolute Gasteiger partial charge is 0.489 e. The van der Waals surface area contributed by atoms with Gasteiger partial charge in [0, 0.05) is 31.1 Å². The lowest BCUT2D eigenvalue weighted by atomic mass is 10.1. The third-order valence-corrected chi connectivity index (χ3v) is 6.35. The van der Waals surface area contributed by atoms with Gasteiger partial charge in [-0.05, 0) is 41.8 Å². The molecule has 1 N–H and O–H groups in total. The van der Waals surface area contributed by atoms with Crippen molar-refractivity contribution < 1.29 is 13.5 Å². The fourth-order valence-electron chi connectivity index (χ4n) is 2.91. The van der Waals surface area contributed by atoms with Crippen LogP contribution in [-0.2, 0) is 17.8 Å². The molecule has 0 amide bonds. The van der Waals surface area contributed by atoms with E-state index in [-0.39, 0.29) is 5.56 Å². The van der Waals surface area contributed by atoms with Crippen LogP contribution in [0.3, 0.4) is 0 Å². The molecule has 2 aromatic carbocycles. The molecule has 28 heavy (non-hydrogen) atoms. The third kappa shape index (κ3) is 4.47. The Labute approximate surface area is 166 Å². The van der Waals surface area contributed by atoms with Gasteiger partial charge in [-0.1, -0.05) is 30.3 Å². The van der Waals surface area contributed by atoms with E-state index in [1.165, 1.54) is 7.11 Å². The normalized spacial score (nSPS) is 14.3. The highest BCUT2D eigenvalue weighted by molar-refractivity contribution is 8.24. The van der Waals surface area contributed by atoms with E-state index in [0.29, 0.717) is 22.8 Å². The molecule has 1 aromatic heterocycles. The molecule has 3 aromatic rings. The SMILES string of the molecule is COS(C)(O)c1cc(OCc2ccccc2)cc(-c2cc(C)c(=O)n(C)c2)c1. The molecule has 1 atom stereocenters. The molecule has 0 radical (unpaired) electrons. The maximum Gasteiger partial charge on any atom is 0.253 e. The van der Waals surface area contributed by atoms with Crippen molar-refractivity contribution in [2.75, 3.05) is 13.4 Å². The summed E-state index contributed by atoms with van der Waals surface area (Å²) in [6, 6.07) is 17.3. The molecule has 0 aliphatic rings. The highest BCUT2D eigenvalue weighted by Crippen LogP contribution is 2.50. The Balaban J connectivity index is 2.04. The van der Waals surface area contributed by atoms with Gasteiger partial charge in [0.25, 0.3) is 5.56 Å². The van der Waals surface area contributed by atoms with Crippen molar-refractivity contribution in [1.82, 2.24) is 4.57 Å². The predicted molar refractivity (Wildman–Crippen MR) is 114 cm³/mol. The van der Waals surface area contributed by atoms with Crippen molar-refractivity contribution in [3.63, 3.8) is 0 Å². The fourth-order valence-corrected chi connectivity index (χ4v) is 3.79. The Morgan fingerprint density at radius 2 is 1.79 bits per heavy atom. The van der Waals surface area contributed by atoms with E-state index in [4.69, 9.17) is 8.92 Å². The van der Waals surface area contributed by atoms with Crippen molar-refractivity contribution in [2.45, 2.75) is 18.4 Å². The zero-order valence-corrected chi connectivity index (χ0v) is 17.3. The standard InChI is InChI=1S/C22H25NO4S/c1-16-10-19(14-23(2)22(16)24)18-11-20(13-21(12-18)28(4,25)26-3)27-15-17-8-6-5-7-9-17/h5-14,25H,15H2,1-4H3. The fraction of sp³-hybridized carbons (Fsp3) is 0.227. The minimum Gasteiger partial charge on any atom is -0.489 e. The molecule has 0 aliphatic carbocycles. The molecule has 0 saturated heterocycles. The lowest BCUT2D eigenvalue weighted by Crippen LogP contribution is -2.18. The highest BCUT2D eigenvalue weighted by Gasteiger charge is 2.16. The van der Waals surface area contributed by atoms with Gasteiger partial charge in [-0.25, -0.2) is 0 Å². The number of ether oxygens (including phenoxy) is 1. The van der Waals surface area contributed by atoms with E-state index < -0.39 is 10.6 Å². The number of aryl methyl sites for hydroxylation is 2. The van der Waals surface area contributed by atoms with Crippen LogP contribution in [0.15, 0.2) is 70.5 Å². The van der Waals surface area contributed by atoms with Crippen molar-refractivity contribution in [3.8, 4) is 16.9 Å². The van der Waals surface area contributed by atoms with Gasteiger partial charge in [-0.3, -0.25) is 13.5 Å². The van der Waals surface area contributed by atoms with Gasteiger partial charge in [-0.15, -0.1) is 0 Å². The Hall–Kier alpha value is -2.54. The summed E-state index contributed by atoms with van der Waals surface area (Å²) in [5, 5.41) is 0. The molecule has 3 rings (SSSR count). The molecule has 5 nitrogen and oxygen atoms in total. The summed E-state index contributed by atoms with van der Waals surface area (Å²) in [4.78, 5) is 12.7. The van der Waals surface area contributed by atoms with Crippen LogP contribution in [0.25, 0.3) is 11.1 Å². The number of rotatable bonds is 6. The molecule has 148 valence electrons. The van der Waals surface area contributed by atoms with Crippen LogP contribution < -0.4 is 10.3 Å². The molecule has 0 bridgehead atoms. The first-order chi connectivity index (χ1) is 13.3. The first-order valence-electron chi connectivity index (χ1n) is 8.86. The van der Waals surface area contributed by atoms with Crippen LogP contribution in [0, 0.1) is 6.92 Å². The van der Waals surface area contributed by atoms with Gasteiger partial charge >= 0.3 is 0 Å². The average Bonchev–Trinajstić information content (AvgIpc) is 2.70. The van der Waals surface area contributed by atoms with Gasteiger partial charge in [0.15, 0.2) is 0 Å². The third-order valence-electron chi connectivity index (χ3n) is 4.59. The Morgan fingerprint density at radius 3 is 2.43 bits per heavy atom. The van der Waals surface area contributed by atoms with Crippen LogP contribution in [0.5, 0.6) is 5.75 Å². The van der Waals surface area contributed by atoms with Gasteiger partial charge in [0.1, 0.15) is 12.4 Å². The summed E-state index contributed by atoms with van der Waals surface area (Å²) in [6.45, 7) is 2.21. The van der Waals surface area contributed by atoms with Gasteiger partial charge < -0.3 is 9.30 Å². The van der Waals surface area contributed by atoms with E-state index in [0.717, 1.165) is 16.7 Å². The van der Waals surface area contributed by atoms with Gasteiger partial charge in [0.2, 0.25) is 0 Å². The van der Waals surface area contributed by atoms with Crippen LogP contribution >= 0.6 is 10.6 Å². The number of hydrogen-bond acceptors (Lipinski definition) is 4. The first kappa shape index (κ1) is 20.2. The summed E-state index contributed by atoms with van der Waals surface area (Å²) in [7, 11) is 0.806. The Kier molecular flexibility index (Phi) is 5.93. The molecule has 6 heteroatoms. The Morgan fingerprint density at radius 1 is 1.07 bits per heavy atom. The smallest absolute Gasteiger partial charge is 0.253 e. The van der Waals surface area contributed by atoms with Crippen molar-refractivity contribution in [2.24, 2.45) is 7.05 Å². The predicted octanol–water partition coefficient (Wildman–Crippen LogP) is 4.77. The number of pyridine rings is 1. The summed E-state index contributed by atoms with van der Waals surface area (Å²) in [5.41, 5.74) is 3.40. The lowest BCUT2D eigenvalue weighted by molar-refractivity contribution is 0.305. The number of nitrogens with zero attached hydrogens (tertiary/aromatic N) is 1. The second-order valence-electron chi connectivity index (χ2n) is 6.76. The average molecular weight is 400 g/mol. The molecule has 0 spiro atoms. The zero-order chi connectivity index (χ0) is 20.3. The highest BCUT2D eigenvalue weighted by atomic mass is 32.3. The molecule has 0 aliphatic heterocycles. The van der Waals surface area contributed by atoms with Crippen molar-refractivity contribution >= 4 is 10.6 Å². The van der Waals surface area contributed by atoms with Crippen LogP contribution in [0.4, 0.5) is 0 Å². The molecule has 1 heterocycles. The zero-order valence-electron chi connectivity index (χ0n) is 16.5. The van der Waals surface area contributed by atoms with E-state index in [1.54, 1.807) is 37.1 Å². The lowest BCUT2D eigenvalue weighted by Gasteiger charge is -2.32. The minimum atomic E-state index is -2.41. The second-order valence-corrected chi connectivity index (χ2v) is 9.17. The van der Waals surface area contributed by atoms with Gasteiger partial charge in [0.05, 0.1) is 12.0 Å². The molecular formula is C22H25NO4S. The number of benzene rings is 2. The minimum absolute atomic E-state index is 0.0324. The molecule has 1 unspecified atom stereocenters. The summed E-state index contributed by atoms with van der Waals surface area (Å²) in [5.74, 6) is 0.632. The molecule has 0 saturated carbocycles. The van der Waals surface area contributed by atoms with Crippen LogP contribution in [0.1, 0.15) is 11.1 Å². The quantitative estimate of drug-likeness (QED) is 0.649. The number of hydrogen-bond donors (Lipinski definition) is 1. The Bertz CT molecular complexity index is 1000. The summed E-state index contributed by atoms with van der Waals surface area (Å²) in [6.07, 6.45) is 3.45. The molecule has 0 fully saturated rings.